The Morgan fingerprint density at radius 1 is 1.48 bits per heavy atom. The van der Waals surface area contributed by atoms with Gasteiger partial charge in [0.05, 0.1) is 37.1 Å². The van der Waals surface area contributed by atoms with E-state index < -0.39 is 27.4 Å². The van der Waals surface area contributed by atoms with Crippen LogP contribution >= 0.6 is 0 Å². The molecule has 0 aromatic carbocycles. The van der Waals surface area contributed by atoms with Crippen molar-refractivity contribution in [1.82, 2.24) is 30.3 Å². The normalized spacial score (nSPS) is 17.6. The highest BCUT2D eigenvalue weighted by atomic mass is 32.2. The second-order valence-corrected chi connectivity index (χ2v) is 9.95. The van der Waals surface area contributed by atoms with Crippen molar-refractivity contribution in [1.29, 1.82) is 10.2 Å². The van der Waals surface area contributed by atoms with Crippen LogP contribution in [0.4, 0.5) is 8.78 Å². The van der Waals surface area contributed by atoms with Crippen molar-refractivity contribution < 1.29 is 13.0 Å². The van der Waals surface area contributed by atoms with Crippen LogP contribution in [0.1, 0.15) is 24.1 Å². The zero-order chi connectivity index (χ0) is 22.4. The molecule has 3 heterocycles. The Kier molecular flexibility index (Phi) is 5.12. The van der Waals surface area contributed by atoms with Crippen LogP contribution in [0.5, 0.6) is 0 Å². The fraction of sp³-hybridized carbons (Fsp3) is 0.368. The topological polar surface area (TPSA) is 136 Å². The van der Waals surface area contributed by atoms with Crippen LogP contribution in [0.25, 0.3) is 28.1 Å². The minimum Gasteiger partial charge on any atom is -0.386 e. The van der Waals surface area contributed by atoms with Crippen molar-refractivity contribution >= 4 is 32.7 Å². The number of pyridine rings is 1. The lowest BCUT2D eigenvalue weighted by Crippen LogP contribution is -2.21. The standard InChI is InChI=1S/C19H22F2N8OS/c1-24-12(3-7-22)14-9-11(19(5-6-19)31(2,23)30)18-17(26-14)16(13-4-8-25-27-13)28-29(18)10-15(20)21/h3-4,7-9,15,22-24H,5-6,10H2,1-2H3,(H,25,27)/b12-3-,22-7?. The van der Waals surface area contributed by atoms with Crippen LogP contribution in [-0.2, 0) is 21.0 Å². The zero-order valence-electron chi connectivity index (χ0n) is 16.9. The number of halogens is 2. The zero-order valence-corrected chi connectivity index (χ0v) is 17.8. The van der Waals surface area contributed by atoms with E-state index in [9.17, 15) is 13.0 Å². The highest BCUT2D eigenvalue weighted by Crippen LogP contribution is 2.55. The Hall–Kier alpha value is -3.15. The van der Waals surface area contributed by atoms with Gasteiger partial charge in [-0.05, 0) is 31.1 Å². The first-order valence-corrected chi connectivity index (χ1v) is 11.5. The molecule has 3 aromatic heterocycles. The molecule has 0 radical (unpaired) electrons. The highest BCUT2D eigenvalue weighted by Gasteiger charge is 2.53. The van der Waals surface area contributed by atoms with Gasteiger partial charge >= 0.3 is 0 Å². The fourth-order valence-corrected chi connectivity index (χ4v) is 5.32. The molecule has 12 heteroatoms. The van der Waals surface area contributed by atoms with Gasteiger partial charge in [-0.3, -0.25) is 14.6 Å². The third-order valence-electron chi connectivity index (χ3n) is 5.50. The van der Waals surface area contributed by atoms with E-state index in [0.717, 1.165) is 6.21 Å². The van der Waals surface area contributed by atoms with Gasteiger partial charge in [-0.2, -0.15) is 10.2 Å². The number of H-pyrrole nitrogens is 1. The van der Waals surface area contributed by atoms with Crippen LogP contribution < -0.4 is 5.32 Å². The van der Waals surface area contributed by atoms with E-state index in [4.69, 9.17) is 10.2 Å². The fourth-order valence-electron chi connectivity index (χ4n) is 3.86. The van der Waals surface area contributed by atoms with Crippen LogP contribution in [0.2, 0.25) is 0 Å². The number of rotatable bonds is 8. The minimum absolute atomic E-state index is 0.338. The molecule has 31 heavy (non-hydrogen) atoms. The average molecular weight is 449 g/mol. The number of fused-ring (bicyclic) bond motifs is 1. The van der Waals surface area contributed by atoms with E-state index >= 15 is 0 Å². The third kappa shape index (κ3) is 3.50. The van der Waals surface area contributed by atoms with Crippen molar-refractivity contribution in [3.05, 3.63) is 35.7 Å². The summed E-state index contributed by atoms with van der Waals surface area (Å²) < 4.78 is 48.3. The monoisotopic (exact) mass is 448 g/mol. The molecule has 164 valence electrons. The molecule has 0 saturated heterocycles. The van der Waals surface area contributed by atoms with Crippen molar-refractivity contribution in [3.63, 3.8) is 0 Å². The van der Waals surface area contributed by atoms with E-state index in [1.807, 2.05) is 0 Å². The molecular weight excluding hydrogens is 426 g/mol. The Bertz CT molecular complexity index is 1270. The first kappa shape index (κ1) is 21.1. The first-order chi connectivity index (χ1) is 14.7. The number of allylic oxidation sites excluding steroid dienone is 1. The molecule has 0 aliphatic heterocycles. The molecule has 1 aliphatic carbocycles. The summed E-state index contributed by atoms with van der Waals surface area (Å²) in [5, 5.41) is 21.5. The molecule has 3 aromatic rings. The van der Waals surface area contributed by atoms with Gasteiger partial charge < -0.3 is 10.7 Å². The lowest BCUT2D eigenvalue weighted by Gasteiger charge is -2.20. The van der Waals surface area contributed by atoms with Gasteiger partial charge in [0.2, 0.25) is 0 Å². The lowest BCUT2D eigenvalue weighted by molar-refractivity contribution is 0.123. The first-order valence-electron chi connectivity index (χ1n) is 9.54. The second kappa shape index (κ2) is 7.52. The van der Waals surface area contributed by atoms with Crippen molar-refractivity contribution in [2.45, 2.75) is 30.6 Å². The Balaban J connectivity index is 2.13. The van der Waals surface area contributed by atoms with Gasteiger partial charge in [0.1, 0.15) is 17.8 Å². The van der Waals surface area contributed by atoms with Crippen LogP contribution in [-0.4, -0.2) is 55.1 Å². The van der Waals surface area contributed by atoms with E-state index in [-0.39, 0.29) is 0 Å². The molecular formula is C19H22F2N8OS. The molecule has 4 rings (SSSR count). The van der Waals surface area contributed by atoms with Gasteiger partial charge in [0.25, 0.3) is 6.43 Å². The smallest absolute Gasteiger partial charge is 0.257 e. The molecule has 1 fully saturated rings. The number of hydrogen-bond donors (Lipinski definition) is 4. The summed E-state index contributed by atoms with van der Waals surface area (Å²) in [6, 6.07) is 3.34. The number of nitrogens with one attached hydrogen (secondary N) is 4. The van der Waals surface area contributed by atoms with Crippen molar-refractivity contribution in [3.8, 4) is 11.4 Å². The number of nitrogens with zero attached hydrogens (tertiary/aromatic N) is 4. The molecule has 1 atom stereocenters. The molecule has 0 amide bonds. The van der Waals surface area contributed by atoms with Crippen LogP contribution in [0.15, 0.2) is 24.4 Å². The second-order valence-electron chi connectivity index (χ2n) is 7.48. The molecule has 1 unspecified atom stereocenters. The maximum atomic E-state index is 13.4. The summed E-state index contributed by atoms with van der Waals surface area (Å²) in [6.45, 7) is -0.660. The Labute approximate surface area is 177 Å². The van der Waals surface area contributed by atoms with Gasteiger partial charge in [0, 0.05) is 31.3 Å². The van der Waals surface area contributed by atoms with E-state index in [1.54, 1.807) is 19.2 Å². The van der Waals surface area contributed by atoms with Crippen LogP contribution in [0, 0.1) is 10.2 Å². The molecule has 0 bridgehead atoms. The Morgan fingerprint density at radius 3 is 2.74 bits per heavy atom. The number of aromatic nitrogens is 5. The summed E-state index contributed by atoms with van der Waals surface area (Å²) in [7, 11) is -1.37. The Morgan fingerprint density at radius 2 is 2.23 bits per heavy atom. The number of aromatic amines is 1. The molecule has 0 spiro atoms. The predicted molar refractivity (Wildman–Crippen MR) is 115 cm³/mol. The molecule has 4 N–H and O–H groups in total. The molecule has 1 saturated carbocycles. The average Bonchev–Trinajstić information content (AvgIpc) is 3.22. The summed E-state index contributed by atoms with van der Waals surface area (Å²) in [6.07, 6.45) is 3.88. The van der Waals surface area contributed by atoms with Crippen molar-refractivity contribution in [2.24, 2.45) is 0 Å². The molecule has 9 nitrogen and oxygen atoms in total. The predicted octanol–water partition coefficient (Wildman–Crippen LogP) is 2.96. The summed E-state index contributed by atoms with van der Waals surface area (Å²) in [5.41, 5.74) is 3.02. The minimum atomic E-state index is -3.05. The van der Waals surface area contributed by atoms with Gasteiger partial charge in [-0.1, -0.05) is 0 Å². The van der Waals surface area contributed by atoms with Crippen molar-refractivity contribution in [2.75, 3.05) is 13.3 Å². The largest absolute Gasteiger partial charge is 0.386 e. The van der Waals surface area contributed by atoms with Gasteiger partial charge in [-0.25, -0.2) is 18.0 Å². The van der Waals surface area contributed by atoms with Gasteiger partial charge in [-0.15, -0.1) is 0 Å². The maximum Gasteiger partial charge on any atom is 0.257 e. The van der Waals surface area contributed by atoms with Gasteiger partial charge in [0.15, 0.2) is 0 Å². The SMILES string of the molecule is CN/C(=C\C=N)c1cc(C2(S(C)(=N)=O)CC2)c2c(n1)c(-c1ccn[nH]1)nn2CC(F)F. The van der Waals surface area contributed by atoms with E-state index in [2.05, 4.69) is 25.6 Å². The third-order valence-corrected chi connectivity index (χ3v) is 7.62. The summed E-state index contributed by atoms with van der Waals surface area (Å²) in [5.74, 6) is 0. The maximum absolute atomic E-state index is 13.4. The number of alkyl halides is 2. The van der Waals surface area contributed by atoms with Crippen LogP contribution in [0.3, 0.4) is 0 Å². The quantitative estimate of drug-likeness (QED) is 0.393. The highest BCUT2D eigenvalue weighted by molar-refractivity contribution is 7.93. The van der Waals surface area contributed by atoms with E-state index in [1.165, 1.54) is 23.2 Å². The summed E-state index contributed by atoms with van der Waals surface area (Å²) in [4.78, 5) is 4.67. The molecule has 1 aliphatic rings. The lowest BCUT2D eigenvalue weighted by atomic mass is 10.1. The van der Waals surface area contributed by atoms with E-state index in [0.29, 0.717) is 52.2 Å². The summed E-state index contributed by atoms with van der Waals surface area (Å²) >= 11 is 0. The number of hydrogen-bond acceptors (Lipinski definition) is 7.